The standard InChI is InChI=1S/C9H17NO3/c1-3-13-9(11)10-7-5-4-6-8(10)12-2/h8H,3-7H2,1-2H3. The van der Waals surface area contributed by atoms with Crippen molar-refractivity contribution in [2.24, 2.45) is 0 Å². The zero-order valence-electron chi connectivity index (χ0n) is 8.28. The van der Waals surface area contributed by atoms with Crippen LogP contribution in [0, 0.1) is 0 Å². The molecule has 0 aliphatic carbocycles. The van der Waals surface area contributed by atoms with Crippen molar-refractivity contribution in [2.45, 2.75) is 32.4 Å². The molecule has 1 aliphatic heterocycles. The van der Waals surface area contributed by atoms with Gasteiger partial charge in [0.15, 0.2) is 0 Å². The quantitative estimate of drug-likeness (QED) is 0.659. The smallest absolute Gasteiger partial charge is 0.411 e. The van der Waals surface area contributed by atoms with E-state index in [1.54, 1.807) is 12.0 Å². The van der Waals surface area contributed by atoms with Gasteiger partial charge in [-0.25, -0.2) is 4.79 Å². The Morgan fingerprint density at radius 3 is 2.92 bits per heavy atom. The van der Waals surface area contributed by atoms with Crippen LogP contribution in [0.25, 0.3) is 0 Å². The Morgan fingerprint density at radius 2 is 2.31 bits per heavy atom. The average molecular weight is 187 g/mol. The second kappa shape index (κ2) is 5.07. The molecule has 0 N–H and O–H groups in total. The van der Waals surface area contributed by atoms with E-state index in [4.69, 9.17) is 9.47 Å². The number of carbonyl (C=O) groups excluding carboxylic acids is 1. The predicted octanol–water partition coefficient (Wildman–Crippen LogP) is 1.60. The van der Waals surface area contributed by atoms with Crippen LogP contribution < -0.4 is 0 Å². The largest absolute Gasteiger partial charge is 0.450 e. The number of likely N-dealkylation sites (tertiary alicyclic amines) is 1. The minimum absolute atomic E-state index is 0.0900. The Morgan fingerprint density at radius 1 is 1.54 bits per heavy atom. The highest BCUT2D eigenvalue weighted by molar-refractivity contribution is 5.67. The van der Waals surface area contributed by atoms with Crippen LogP contribution in [-0.2, 0) is 9.47 Å². The van der Waals surface area contributed by atoms with Gasteiger partial charge in [0.1, 0.15) is 6.23 Å². The first-order valence-electron chi connectivity index (χ1n) is 4.75. The summed E-state index contributed by atoms with van der Waals surface area (Å²) in [6, 6.07) is 0. The molecule has 76 valence electrons. The number of methoxy groups -OCH3 is 1. The van der Waals surface area contributed by atoms with Gasteiger partial charge in [0, 0.05) is 13.7 Å². The molecule has 4 nitrogen and oxygen atoms in total. The van der Waals surface area contributed by atoms with Gasteiger partial charge in [-0.1, -0.05) is 0 Å². The zero-order valence-corrected chi connectivity index (χ0v) is 8.28. The molecule has 1 unspecified atom stereocenters. The first-order chi connectivity index (χ1) is 6.29. The third-order valence-electron chi connectivity index (χ3n) is 2.22. The molecule has 0 aromatic heterocycles. The third kappa shape index (κ3) is 2.59. The lowest BCUT2D eigenvalue weighted by Gasteiger charge is -2.33. The fourth-order valence-corrected chi connectivity index (χ4v) is 1.56. The summed E-state index contributed by atoms with van der Waals surface area (Å²) in [7, 11) is 1.63. The van der Waals surface area contributed by atoms with Gasteiger partial charge in [0.25, 0.3) is 0 Å². The molecule has 13 heavy (non-hydrogen) atoms. The summed E-state index contributed by atoms with van der Waals surface area (Å²) in [5.74, 6) is 0. The molecule has 1 fully saturated rings. The first kappa shape index (κ1) is 10.3. The number of ether oxygens (including phenoxy) is 2. The Bertz CT molecular complexity index is 172. The van der Waals surface area contributed by atoms with Crippen LogP contribution in [0.4, 0.5) is 4.79 Å². The van der Waals surface area contributed by atoms with Gasteiger partial charge < -0.3 is 9.47 Å². The molecule has 1 aliphatic rings. The maximum Gasteiger partial charge on any atom is 0.411 e. The Hall–Kier alpha value is -0.770. The SMILES string of the molecule is CCOC(=O)N1CCCCC1OC. The van der Waals surface area contributed by atoms with Gasteiger partial charge in [0.05, 0.1) is 6.61 Å². The summed E-state index contributed by atoms with van der Waals surface area (Å²) in [5.41, 5.74) is 0. The van der Waals surface area contributed by atoms with Gasteiger partial charge in [-0.15, -0.1) is 0 Å². The molecule has 0 aromatic carbocycles. The van der Waals surface area contributed by atoms with Crippen LogP contribution >= 0.6 is 0 Å². The van der Waals surface area contributed by atoms with Crippen molar-refractivity contribution in [3.8, 4) is 0 Å². The van der Waals surface area contributed by atoms with E-state index in [0.717, 1.165) is 25.8 Å². The van der Waals surface area contributed by atoms with E-state index in [1.807, 2.05) is 6.92 Å². The Kier molecular flexibility index (Phi) is 4.02. The molecule has 1 saturated heterocycles. The number of hydrogen-bond acceptors (Lipinski definition) is 3. The molecule has 1 heterocycles. The van der Waals surface area contributed by atoms with Gasteiger partial charge in [-0.3, -0.25) is 4.90 Å². The maximum atomic E-state index is 11.4. The second-order valence-electron chi connectivity index (χ2n) is 3.08. The lowest BCUT2D eigenvalue weighted by Crippen LogP contribution is -2.44. The predicted molar refractivity (Wildman–Crippen MR) is 48.4 cm³/mol. The van der Waals surface area contributed by atoms with E-state index in [2.05, 4.69) is 0 Å². The van der Waals surface area contributed by atoms with Crippen molar-refractivity contribution < 1.29 is 14.3 Å². The highest BCUT2D eigenvalue weighted by Gasteiger charge is 2.26. The first-order valence-corrected chi connectivity index (χ1v) is 4.75. The van der Waals surface area contributed by atoms with Crippen LogP contribution in [0.15, 0.2) is 0 Å². The molecular weight excluding hydrogens is 170 g/mol. The fraction of sp³-hybridized carbons (Fsp3) is 0.889. The lowest BCUT2D eigenvalue weighted by molar-refractivity contribution is -0.0482. The molecule has 0 radical (unpaired) electrons. The summed E-state index contributed by atoms with van der Waals surface area (Å²) in [6.07, 6.45) is 2.73. The zero-order chi connectivity index (χ0) is 9.68. The minimum atomic E-state index is -0.256. The number of piperidine rings is 1. The third-order valence-corrected chi connectivity index (χ3v) is 2.22. The fourth-order valence-electron chi connectivity index (χ4n) is 1.56. The molecule has 0 bridgehead atoms. The normalized spacial score (nSPS) is 22.9. The number of amides is 1. The van der Waals surface area contributed by atoms with E-state index in [-0.39, 0.29) is 12.3 Å². The highest BCUT2D eigenvalue weighted by Crippen LogP contribution is 2.17. The topological polar surface area (TPSA) is 38.8 Å². The number of carbonyl (C=O) groups is 1. The van der Waals surface area contributed by atoms with Crippen LogP contribution in [0.5, 0.6) is 0 Å². The molecule has 4 heteroatoms. The van der Waals surface area contributed by atoms with E-state index in [0.29, 0.717) is 6.61 Å². The average Bonchev–Trinajstić information content (AvgIpc) is 2.18. The molecule has 0 saturated carbocycles. The molecule has 1 rings (SSSR count). The lowest BCUT2D eigenvalue weighted by atomic mass is 10.1. The van der Waals surface area contributed by atoms with E-state index >= 15 is 0 Å². The number of nitrogens with zero attached hydrogens (tertiary/aromatic N) is 1. The molecule has 1 amide bonds. The van der Waals surface area contributed by atoms with Crippen molar-refractivity contribution in [3.05, 3.63) is 0 Å². The van der Waals surface area contributed by atoms with Crippen LogP contribution in [-0.4, -0.2) is 37.5 Å². The molecule has 0 aromatic rings. The van der Waals surface area contributed by atoms with Crippen LogP contribution in [0.3, 0.4) is 0 Å². The summed E-state index contributed by atoms with van der Waals surface area (Å²) in [4.78, 5) is 13.1. The van der Waals surface area contributed by atoms with E-state index in [9.17, 15) is 4.79 Å². The maximum absolute atomic E-state index is 11.4. The van der Waals surface area contributed by atoms with Crippen LogP contribution in [0.1, 0.15) is 26.2 Å². The van der Waals surface area contributed by atoms with Crippen molar-refractivity contribution in [1.82, 2.24) is 4.90 Å². The highest BCUT2D eigenvalue weighted by atomic mass is 16.6. The molecule has 0 spiro atoms. The van der Waals surface area contributed by atoms with E-state index in [1.165, 1.54) is 0 Å². The number of hydrogen-bond donors (Lipinski definition) is 0. The summed E-state index contributed by atoms with van der Waals surface area (Å²) < 4.78 is 10.1. The van der Waals surface area contributed by atoms with Crippen molar-refractivity contribution in [1.29, 1.82) is 0 Å². The van der Waals surface area contributed by atoms with Crippen molar-refractivity contribution >= 4 is 6.09 Å². The summed E-state index contributed by atoms with van der Waals surface area (Å²) >= 11 is 0. The minimum Gasteiger partial charge on any atom is -0.450 e. The van der Waals surface area contributed by atoms with Gasteiger partial charge >= 0.3 is 6.09 Å². The molecule has 1 atom stereocenters. The van der Waals surface area contributed by atoms with Crippen molar-refractivity contribution in [3.63, 3.8) is 0 Å². The molecular formula is C9H17NO3. The second-order valence-corrected chi connectivity index (χ2v) is 3.08. The Balaban J connectivity index is 2.48. The van der Waals surface area contributed by atoms with Gasteiger partial charge in [0.2, 0.25) is 0 Å². The number of rotatable bonds is 2. The van der Waals surface area contributed by atoms with Crippen LogP contribution in [0.2, 0.25) is 0 Å². The van der Waals surface area contributed by atoms with Gasteiger partial charge in [-0.05, 0) is 26.2 Å². The summed E-state index contributed by atoms with van der Waals surface area (Å²) in [6.45, 7) is 2.98. The summed E-state index contributed by atoms with van der Waals surface area (Å²) in [5, 5.41) is 0. The Labute approximate surface area is 78.8 Å². The van der Waals surface area contributed by atoms with Gasteiger partial charge in [-0.2, -0.15) is 0 Å². The van der Waals surface area contributed by atoms with Crippen molar-refractivity contribution in [2.75, 3.05) is 20.3 Å². The monoisotopic (exact) mass is 187 g/mol. The van der Waals surface area contributed by atoms with E-state index < -0.39 is 0 Å².